The highest BCUT2D eigenvalue weighted by Gasteiger charge is 2.28. The summed E-state index contributed by atoms with van der Waals surface area (Å²) in [6.07, 6.45) is 1.01. The number of fused-ring (bicyclic) bond motifs is 3. The first-order valence-electron chi connectivity index (χ1n) is 8.26. The third kappa shape index (κ3) is 2.21. The Kier molecular flexibility index (Phi) is 3.40. The van der Waals surface area contributed by atoms with Gasteiger partial charge in [0.2, 0.25) is 0 Å². The Labute approximate surface area is 141 Å². The number of ether oxygens (including phenoxy) is 1. The summed E-state index contributed by atoms with van der Waals surface area (Å²) in [5.74, 6) is 3.31. The van der Waals surface area contributed by atoms with Crippen molar-refractivity contribution in [2.24, 2.45) is 0 Å². The van der Waals surface area contributed by atoms with Crippen LogP contribution in [0, 0.1) is 6.92 Å². The average molecular weight is 323 g/mol. The van der Waals surface area contributed by atoms with Gasteiger partial charge in [-0.15, -0.1) is 5.10 Å². The summed E-state index contributed by atoms with van der Waals surface area (Å²) < 4.78 is 7.11. The number of hydrogen-bond donors (Lipinski definition) is 0. The number of nitrogens with zero attached hydrogens (tertiary/aromatic N) is 5. The van der Waals surface area contributed by atoms with Crippen LogP contribution < -0.4 is 9.64 Å². The predicted octanol–water partition coefficient (Wildman–Crippen LogP) is 2.88. The molecule has 24 heavy (non-hydrogen) atoms. The quantitative estimate of drug-likeness (QED) is 0.742. The maximum atomic E-state index is 5.22. The highest BCUT2D eigenvalue weighted by atomic mass is 16.5. The second-order valence-electron chi connectivity index (χ2n) is 6.41. The minimum absolute atomic E-state index is 0.421. The number of rotatable bonds is 3. The van der Waals surface area contributed by atoms with Crippen molar-refractivity contribution in [2.45, 2.75) is 33.2 Å². The fraction of sp³-hybridized carbons (Fsp3) is 0.389. The predicted molar refractivity (Wildman–Crippen MR) is 93.7 cm³/mol. The third-order valence-electron chi connectivity index (χ3n) is 4.61. The third-order valence-corrected chi connectivity index (χ3v) is 4.61. The summed E-state index contributed by atoms with van der Waals surface area (Å²) in [6, 6.07) is 8.21. The van der Waals surface area contributed by atoms with Gasteiger partial charge in [0.15, 0.2) is 5.82 Å². The fourth-order valence-electron chi connectivity index (χ4n) is 3.32. The summed E-state index contributed by atoms with van der Waals surface area (Å²) in [4.78, 5) is 11.7. The molecular formula is C18H21N5O. The molecule has 0 spiro atoms. The summed E-state index contributed by atoms with van der Waals surface area (Å²) >= 11 is 0. The van der Waals surface area contributed by atoms with E-state index in [4.69, 9.17) is 9.84 Å². The smallest absolute Gasteiger partial charge is 0.254 e. The number of benzene rings is 1. The van der Waals surface area contributed by atoms with Crippen LogP contribution >= 0.6 is 0 Å². The van der Waals surface area contributed by atoms with Crippen LogP contribution in [0.4, 0.5) is 5.82 Å². The molecule has 1 aromatic carbocycles. The number of anilines is 1. The van der Waals surface area contributed by atoms with Crippen molar-refractivity contribution in [2.75, 3.05) is 18.6 Å². The fourth-order valence-corrected chi connectivity index (χ4v) is 3.32. The molecule has 0 atom stereocenters. The maximum absolute atomic E-state index is 5.22. The van der Waals surface area contributed by atoms with E-state index in [1.165, 1.54) is 5.56 Å². The van der Waals surface area contributed by atoms with Gasteiger partial charge >= 0.3 is 0 Å². The molecule has 4 rings (SSSR count). The van der Waals surface area contributed by atoms with Gasteiger partial charge in [-0.25, -0.2) is 4.98 Å². The molecule has 3 heterocycles. The molecule has 6 nitrogen and oxygen atoms in total. The molecule has 3 aromatic rings. The van der Waals surface area contributed by atoms with E-state index in [0.717, 1.165) is 35.8 Å². The molecule has 124 valence electrons. The van der Waals surface area contributed by atoms with Crippen molar-refractivity contribution in [3.05, 3.63) is 35.5 Å². The zero-order valence-corrected chi connectivity index (χ0v) is 14.4. The Balaban J connectivity index is 1.88. The maximum Gasteiger partial charge on any atom is 0.254 e. The Morgan fingerprint density at radius 2 is 1.88 bits per heavy atom. The minimum atomic E-state index is 0.421. The lowest BCUT2D eigenvalue weighted by atomic mass is 10.2. The summed E-state index contributed by atoms with van der Waals surface area (Å²) in [7, 11) is 1.66. The number of methoxy groups -OCH3 is 1. The van der Waals surface area contributed by atoms with Gasteiger partial charge in [-0.05, 0) is 51.5 Å². The first kappa shape index (κ1) is 14.9. The summed E-state index contributed by atoms with van der Waals surface area (Å²) in [5.41, 5.74) is 3.29. The van der Waals surface area contributed by atoms with Crippen LogP contribution in [-0.4, -0.2) is 39.3 Å². The lowest BCUT2D eigenvalue weighted by molar-refractivity contribution is 0.415. The van der Waals surface area contributed by atoms with Gasteiger partial charge in [0, 0.05) is 29.4 Å². The molecule has 0 saturated carbocycles. The van der Waals surface area contributed by atoms with Gasteiger partial charge in [-0.3, -0.25) is 0 Å². The molecule has 0 N–H and O–H groups in total. The SMILES string of the molecule is COc1ccc(-c2nc3nc(C)c4c(n3n2)N(C(C)C)CC4)cc1. The van der Waals surface area contributed by atoms with Crippen molar-refractivity contribution in [1.29, 1.82) is 0 Å². The van der Waals surface area contributed by atoms with Crippen LogP contribution in [0.1, 0.15) is 25.1 Å². The van der Waals surface area contributed by atoms with Crippen LogP contribution in [-0.2, 0) is 6.42 Å². The van der Waals surface area contributed by atoms with Crippen LogP contribution in [0.25, 0.3) is 17.2 Å². The van der Waals surface area contributed by atoms with Crippen LogP contribution in [0.3, 0.4) is 0 Å². The van der Waals surface area contributed by atoms with E-state index < -0.39 is 0 Å². The molecule has 0 unspecified atom stereocenters. The normalized spacial score (nSPS) is 13.8. The monoisotopic (exact) mass is 323 g/mol. The van der Waals surface area contributed by atoms with Gasteiger partial charge < -0.3 is 9.64 Å². The topological polar surface area (TPSA) is 55.6 Å². The highest BCUT2D eigenvalue weighted by molar-refractivity contribution is 5.63. The van der Waals surface area contributed by atoms with Crippen molar-refractivity contribution in [3.63, 3.8) is 0 Å². The molecule has 2 aromatic heterocycles. The zero-order chi connectivity index (χ0) is 16.8. The molecule has 0 saturated heterocycles. The second-order valence-corrected chi connectivity index (χ2v) is 6.41. The van der Waals surface area contributed by atoms with E-state index in [9.17, 15) is 0 Å². The molecule has 0 radical (unpaired) electrons. The molecule has 0 aliphatic carbocycles. The van der Waals surface area contributed by atoms with Crippen LogP contribution in [0.2, 0.25) is 0 Å². The Hall–Kier alpha value is -2.63. The first-order valence-corrected chi connectivity index (χ1v) is 8.26. The van der Waals surface area contributed by atoms with Crippen molar-refractivity contribution < 1.29 is 4.74 Å². The lowest BCUT2D eigenvalue weighted by Gasteiger charge is -2.23. The summed E-state index contributed by atoms with van der Waals surface area (Å²) in [5, 5.41) is 4.74. The Morgan fingerprint density at radius 1 is 1.12 bits per heavy atom. The zero-order valence-electron chi connectivity index (χ0n) is 14.4. The van der Waals surface area contributed by atoms with Gasteiger partial charge in [-0.2, -0.15) is 9.50 Å². The van der Waals surface area contributed by atoms with Crippen LogP contribution in [0.5, 0.6) is 5.75 Å². The molecule has 0 amide bonds. The van der Waals surface area contributed by atoms with E-state index >= 15 is 0 Å². The van der Waals surface area contributed by atoms with Gasteiger partial charge in [0.25, 0.3) is 5.78 Å². The number of aromatic nitrogens is 4. The highest BCUT2D eigenvalue weighted by Crippen LogP contribution is 2.32. The van der Waals surface area contributed by atoms with E-state index in [0.29, 0.717) is 17.6 Å². The van der Waals surface area contributed by atoms with Gasteiger partial charge in [0.1, 0.15) is 11.6 Å². The van der Waals surface area contributed by atoms with Gasteiger partial charge in [-0.1, -0.05) is 0 Å². The molecule has 0 fully saturated rings. The molecule has 0 bridgehead atoms. The standard InChI is InChI=1S/C18H21N5O/c1-11(2)22-10-9-15-12(3)19-18-20-16(21-23(18)17(15)22)13-5-7-14(24-4)8-6-13/h5-8,11H,9-10H2,1-4H3. The lowest BCUT2D eigenvalue weighted by Crippen LogP contribution is -2.30. The molecule has 1 aliphatic rings. The van der Waals surface area contributed by atoms with E-state index in [1.54, 1.807) is 7.11 Å². The first-order chi connectivity index (χ1) is 11.6. The van der Waals surface area contributed by atoms with Crippen molar-refractivity contribution in [3.8, 4) is 17.1 Å². The van der Waals surface area contributed by atoms with Gasteiger partial charge in [0.05, 0.1) is 7.11 Å². The Bertz CT molecular complexity index is 898. The average Bonchev–Trinajstić information content (AvgIpc) is 3.19. The summed E-state index contributed by atoms with van der Waals surface area (Å²) in [6.45, 7) is 7.48. The molecular weight excluding hydrogens is 302 g/mol. The number of hydrogen-bond acceptors (Lipinski definition) is 5. The second kappa shape index (κ2) is 5.47. The van der Waals surface area contributed by atoms with Crippen LogP contribution in [0.15, 0.2) is 24.3 Å². The molecule has 1 aliphatic heterocycles. The van der Waals surface area contributed by atoms with E-state index in [2.05, 4.69) is 35.6 Å². The van der Waals surface area contributed by atoms with Crippen molar-refractivity contribution >= 4 is 11.6 Å². The Morgan fingerprint density at radius 3 is 2.54 bits per heavy atom. The number of aryl methyl sites for hydroxylation is 1. The minimum Gasteiger partial charge on any atom is -0.497 e. The largest absolute Gasteiger partial charge is 0.497 e. The van der Waals surface area contributed by atoms with E-state index in [-0.39, 0.29) is 0 Å². The van der Waals surface area contributed by atoms with Crippen molar-refractivity contribution in [1.82, 2.24) is 19.6 Å². The van der Waals surface area contributed by atoms with E-state index in [1.807, 2.05) is 28.8 Å². The molecule has 6 heteroatoms.